The predicted molar refractivity (Wildman–Crippen MR) is 134 cm³/mol. The van der Waals surface area contributed by atoms with E-state index in [0.717, 1.165) is 12.8 Å². The maximum absolute atomic E-state index is 5.58. The van der Waals surface area contributed by atoms with Crippen LogP contribution >= 0.6 is 0 Å². The maximum atomic E-state index is 5.58. The summed E-state index contributed by atoms with van der Waals surface area (Å²) < 4.78 is 0. The van der Waals surface area contributed by atoms with Crippen molar-refractivity contribution in [3.8, 4) is 0 Å². The molecule has 0 atom stereocenters. The van der Waals surface area contributed by atoms with Crippen LogP contribution in [-0.2, 0) is 9.78 Å². The molecule has 2 heteroatoms. The van der Waals surface area contributed by atoms with Crippen LogP contribution < -0.4 is 0 Å². The van der Waals surface area contributed by atoms with E-state index in [1.54, 1.807) is 0 Å². The summed E-state index contributed by atoms with van der Waals surface area (Å²) in [5, 5.41) is 0. The molecule has 30 heavy (non-hydrogen) atoms. The molecule has 0 N–H and O–H groups in total. The summed E-state index contributed by atoms with van der Waals surface area (Å²) in [6.45, 7) is 30.1. The third-order valence-electron chi connectivity index (χ3n) is 8.94. The van der Waals surface area contributed by atoms with E-state index in [2.05, 4.69) is 83.1 Å². The zero-order valence-corrected chi connectivity index (χ0v) is 23.0. The van der Waals surface area contributed by atoms with Gasteiger partial charge in [0.05, 0.1) is 13.2 Å². The van der Waals surface area contributed by atoms with Gasteiger partial charge < -0.3 is 0 Å². The van der Waals surface area contributed by atoms with Crippen molar-refractivity contribution < 1.29 is 9.78 Å². The predicted octanol–water partition coefficient (Wildman–Crippen LogP) is 9.47. The number of hydrogen-bond donors (Lipinski definition) is 0. The molecule has 0 amide bonds. The molecular weight excluding hydrogens is 368 g/mol. The minimum Gasteiger partial charge on any atom is -0.237 e. The summed E-state index contributed by atoms with van der Waals surface area (Å²) in [5.74, 6) is 1.41. The van der Waals surface area contributed by atoms with E-state index < -0.39 is 0 Å². The van der Waals surface area contributed by atoms with Crippen molar-refractivity contribution in [3.05, 3.63) is 0 Å². The lowest BCUT2D eigenvalue weighted by molar-refractivity contribution is -0.296. The molecule has 2 nitrogen and oxygen atoms in total. The summed E-state index contributed by atoms with van der Waals surface area (Å²) in [6.07, 6.45) is 9.47. The van der Waals surface area contributed by atoms with Crippen molar-refractivity contribution in [2.24, 2.45) is 33.5 Å². The molecule has 0 aromatic heterocycles. The van der Waals surface area contributed by atoms with E-state index in [-0.39, 0.29) is 0 Å². The van der Waals surface area contributed by atoms with Gasteiger partial charge in [0, 0.05) is 0 Å². The normalized spacial score (nSPS) is 14.2. The molecule has 0 radical (unpaired) electrons. The Hall–Kier alpha value is -0.0800. The Bertz CT molecular complexity index is 374. The minimum atomic E-state index is 0.369. The molecule has 0 heterocycles. The first-order chi connectivity index (χ1) is 13.7. The average Bonchev–Trinajstić information content (AvgIpc) is 2.68. The van der Waals surface area contributed by atoms with Crippen molar-refractivity contribution in [1.82, 2.24) is 0 Å². The lowest BCUT2D eigenvalue weighted by atomic mass is 9.61. The maximum Gasteiger partial charge on any atom is 0.0822 e. The van der Waals surface area contributed by atoms with Crippen LogP contribution in [-0.4, -0.2) is 13.2 Å². The van der Waals surface area contributed by atoms with Crippen molar-refractivity contribution in [2.45, 2.75) is 134 Å². The fourth-order valence-electron chi connectivity index (χ4n) is 5.47. The summed E-state index contributed by atoms with van der Waals surface area (Å²) in [7, 11) is 0. The zero-order chi connectivity index (χ0) is 23.6. The number of rotatable bonds is 17. The van der Waals surface area contributed by atoms with E-state index >= 15 is 0 Å². The summed E-state index contributed by atoms with van der Waals surface area (Å²) in [6, 6.07) is 0. The molecule has 0 bridgehead atoms. The van der Waals surface area contributed by atoms with Crippen LogP contribution in [0.4, 0.5) is 0 Å². The Balaban J connectivity index is 4.41. The third kappa shape index (κ3) is 9.19. The van der Waals surface area contributed by atoms with Crippen LogP contribution in [0.25, 0.3) is 0 Å². The van der Waals surface area contributed by atoms with E-state index in [0.29, 0.717) is 46.7 Å². The highest BCUT2D eigenvalue weighted by atomic mass is 17.2. The molecular formula is C28H58O2. The van der Waals surface area contributed by atoms with Crippen LogP contribution in [0.3, 0.4) is 0 Å². The van der Waals surface area contributed by atoms with Crippen LogP contribution in [0.1, 0.15) is 134 Å². The molecule has 0 unspecified atom stereocenters. The Morgan fingerprint density at radius 3 is 0.900 bits per heavy atom. The molecule has 0 saturated heterocycles. The summed E-state index contributed by atoms with van der Waals surface area (Å²) >= 11 is 0. The highest BCUT2D eigenvalue weighted by Crippen LogP contribution is 2.48. The fourth-order valence-corrected chi connectivity index (χ4v) is 5.47. The van der Waals surface area contributed by atoms with Gasteiger partial charge in [0.1, 0.15) is 0 Å². The second-order valence-electron chi connectivity index (χ2n) is 12.4. The molecule has 0 aliphatic carbocycles. The van der Waals surface area contributed by atoms with Gasteiger partial charge in [-0.1, -0.05) is 109 Å². The van der Waals surface area contributed by atoms with Gasteiger partial charge in [-0.25, -0.2) is 9.78 Å². The van der Waals surface area contributed by atoms with E-state index in [1.807, 2.05) is 0 Å². The minimum absolute atomic E-state index is 0.369. The van der Waals surface area contributed by atoms with Crippen LogP contribution in [0, 0.1) is 33.5 Å². The van der Waals surface area contributed by atoms with Gasteiger partial charge >= 0.3 is 0 Å². The van der Waals surface area contributed by atoms with Gasteiger partial charge in [-0.15, -0.1) is 0 Å². The van der Waals surface area contributed by atoms with E-state index in [4.69, 9.17) is 9.78 Å². The van der Waals surface area contributed by atoms with Gasteiger partial charge in [-0.2, -0.15) is 0 Å². The van der Waals surface area contributed by atoms with Gasteiger partial charge in [0.15, 0.2) is 0 Å². The Morgan fingerprint density at radius 2 is 0.700 bits per heavy atom. The molecule has 0 aromatic rings. The van der Waals surface area contributed by atoms with Crippen molar-refractivity contribution in [3.63, 3.8) is 0 Å². The Labute approximate surface area is 191 Å². The van der Waals surface area contributed by atoms with E-state index in [9.17, 15) is 0 Å². The van der Waals surface area contributed by atoms with Gasteiger partial charge in [-0.05, 0) is 59.2 Å². The second-order valence-corrected chi connectivity index (χ2v) is 12.4. The van der Waals surface area contributed by atoms with E-state index in [1.165, 1.54) is 38.5 Å². The SMILES string of the molecule is CCC(C)(C)C(CCCOOCCCC(C(C)(C)CC)C(C)(C)CC)C(C)(C)CC. The first kappa shape index (κ1) is 29.9. The molecule has 0 saturated carbocycles. The van der Waals surface area contributed by atoms with Crippen LogP contribution in [0.2, 0.25) is 0 Å². The zero-order valence-electron chi connectivity index (χ0n) is 23.0. The Kier molecular flexibility index (Phi) is 12.8. The van der Waals surface area contributed by atoms with Gasteiger partial charge in [-0.3, -0.25) is 0 Å². The lowest BCUT2D eigenvalue weighted by Crippen LogP contribution is -2.36. The molecule has 0 rings (SSSR count). The molecule has 0 aliphatic heterocycles. The molecule has 0 spiro atoms. The molecule has 0 fully saturated rings. The second kappa shape index (κ2) is 12.8. The largest absolute Gasteiger partial charge is 0.237 e. The fraction of sp³-hybridized carbons (Fsp3) is 1.00. The molecule has 182 valence electrons. The molecule has 0 aliphatic rings. The summed E-state index contributed by atoms with van der Waals surface area (Å²) in [4.78, 5) is 11.2. The average molecular weight is 427 g/mol. The third-order valence-corrected chi connectivity index (χ3v) is 8.94. The lowest BCUT2D eigenvalue weighted by Gasteiger charge is -2.44. The van der Waals surface area contributed by atoms with Crippen LogP contribution in [0.5, 0.6) is 0 Å². The van der Waals surface area contributed by atoms with Crippen molar-refractivity contribution in [1.29, 1.82) is 0 Å². The first-order valence-corrected chi connectivity index (χ1v) is 13.0. The van der Waals surface area contributed by atoms with Crippen molar-refractivity contribution in [2.75, 3.05) is 13.2 Å². The molecule has 0 aromatic carbocycles. The van der Waals surface area contributed by atoms with Gasteiger partial charge in [0.25, 0.3) is 0 Å². The number of hydrogen-bond acceptors (Lipinski definition) is 2. The summed E-state index contributed by atoms with van der Waals surface area (Å²) in [5.41, 5.74) is 1.47. The monoisotopic (exact) mass is 426 g/mol. The quantitative estimate of drug-likeness (QED) is 0.131. The van der Waals surface area contributed by atoms with Crippen LogP contribution in [0.15, 0.2) is 0 Å². The first-order valence-electron chi connectivity index (χ1n) is 13.0. The highest BCUT2D eigenvalue weighted by Gasteiger charge is 2.39. The van der Waals surface area contributed by atoms with Gasteiger partial charge in [0.2, 0.25) is 0 Å². The van der Waals surface area contributed by atoms with Crippen molar-refractivity contribution >= 4 is 0 Å². The Morgan fingerprint density at radius 1 is 0.467 bits per heavy atom. The smallest absolute Gasteiger partial charge is 0.0822 e. The highest BCUT2D eigenvalue weighted by molar-refractivity contribution is 4.88. The topological polar surface area (TPSA) is 18.5 Å². The standard InChI is InChI=1S/C28H58O2/c1-13-25(5,6)23(26(7,8)14-2)19-17-21-29-30-22-18-20-24(27(9,10)15-3)28(11,12)16-4/h23-24H,13-22H2,1-12H3.